The average Bonchev–Trinajstić information content (AvgIpc) is 3.13. The maximum Gasteiger partial charge on any atom is 0.345 e. The van der Waals surface area contributed by atoms with E-state index >= 15 is 0 Å². The van der Waals surface area contributed by atoms with E-state index in [2.05, 4.69) is 15.9 Å². The third-order valence-electron chi connectivity index (χ3n) is 5.37. The molecule has 0 aromatic heterocycles. The molecule has 12 heteroatoms. The first-order valence-corrected chi connectivity index (χ1v) is 12.7. The first-order chi connectivity index (χ1) is 17.3. The van der Waals surface area contributed by atoms with E-state index in [9.17, 15) is 19.2 Å². The summed E-state index contributed by atoms with van der Waals surface area (Å²) in [6.07, 6.45) is 1.51. The molecule has 0 radical (unpaired) electrons. The summed E-state index contributed by atoms with van der Waals surface area (Å²) >= 11 is 10.2. The van der Waals surface area contributed by atoms with Crippen molar-refractivity contribution >= 4 is 68.4 Å². The second-order valence-corrected chi connectivity index (χ2v) is 9.92. The van der Waals surface area contributed by atoms with Crippen LogP contribution < -0.4 is 9.47 Å². The molecule has 0 aliphatic carbocycles. The molecule has 9 nitrogen and oxygen atoms in total. The number of hydrogen-bond acceptors (Lipinski definition) is 8. The summed E-state index contributed by atoms with van der Waals surface area (Å²) in [7, 11) is 1.41. The number of ether oxygens (including phenoxy) is 3. The molecule has 4 rings (SSSR count). The summed E-state index contributed by atoms with van der Waals surface area (Å²) in [5.41, 5.74) is 0.707. The molecule has 2 aromatic rings. The third kappa shape index (κ3) is 5.75. The number of hydrogen-bond donors (Lipinski definition) is 0. The second-order valence-electron chi connectivity index (χ2n) is 7.66. The molecule has 0 atom stereocenters. The van der Waals surface area contributed by atoms with Crippen LogP contribution >= 0.6 is 39.3 Å². The Labute approximate surface area is 224 Å². The summed E-state index contributed by atoms with van der Waals surface area (Å²) in [6, 6.07) is 9.66. The largest absolute Gasteiger partial charge is 0.493 e. The molecule has 0 bridgehead atoms. The van der Waals surface area contributed by atoms with E-state index < -0.39 is 17.1 Å². The number of halogens is 2. The smallest absolute Gasteiger partial charge is 0.345 e. The van der Waals surface area contributed by atoms with Crippen LogP contribution in [0.4, 0.5) is 4.79 Å². The lowest BCUT2D eigenvalue weighted by Gasteiger charge is -2.28. The van der Waals surface area contributed by atoms with Gasteiger partial charge in [-0.15, -0.1) is 0 Å². The second kappa shape index (κ2) is 11.5. The van der Waals surface area contributed by atoms with Gasteiger partial charge >= 0.3 is 5.97 Å². The van der Waals surface area contributed by atoms with Gasteiger partial charge in [0.05, 0.1) is 40.3 Å². The van der Waals surface area contributed by atoms with Gasteiger partial charge in [0, 0.05) is 13.1 Å². The van der Waals surface area contributed by atoms with Crippen LogP contribution in [0.25, 0.3) is 6.08 Å². The molecule has 0 unspecified atom stereocenters. The van der Waals surface area contributed by atoms with Crippen LogP contribution in [-0.4, -0.2) is 72.8 Å². The zero-order valence-electron chi connectivity index (χ0n) is 19.0. The Morgan fingerprint density at radius 2 is 1.92 bits per heavy atom. The van der Waals surface area contributed by atoms with E-state index in [1.54, 1.807) is 41.3 Å². The predicted octanol–water partition coefficient (Wildman–Crippen LogP) is 4.23. The molecule has 2 aromatic carbocycles. The average molecular weight is 596 g/mol. The fourth-order valence-corrected chi connectivity index (χ4v) is 5.12. The fraction of sp³-hybridized carbons (Fsp3) is 0.250. The van der Waals surface area contributed by atoms with E-state index in [0.29, 0.717) is 36.3 Å². The number of rotatable bonds is 6. The molecular weight excluding hydrogens is 576 g/mol. The number of thioether (sulfide) groups is 1. The predicted molar refractivity (Wildman–Crippen MR) is 137 cm³/mol. The molecule has 2 fully saturated rings. The van der Waals surface area contributed by atoms with Gasteiger partial charge in [0.25, 0.3) is 11.1 Å². The Bertz CT molecular complexity index is 1260. The zero-order valence-corrected chi connectivity index (χ0v) is 22.2. The van der Waals surface area contributed by atoms with Gasteiger partial charge in [-0.05, 0) is 63.6 Å². The molecule has 0 N–H and O–H groups in total. The number of benzene rings is 2. The van der Waals surface area contributed by atoms with Gasteiger partial charge in [0.1, 0.15) is 6.54 Å². The summed E-state index contributed by atoms with van der Waals surface area (Å²) in [5.74, 6) is -1.19. The minimum atomic E-state index is -0.668. The number of morpholine rings is 1. The van der Waals surface area contributed by atoms with E-state index in [1.165, 1.54) is 13.2 Å². The van der Waals surface area contributed by atoms with Crippen LogP contribution in [0.5, 0.6) is 11.5 Å². The summed E-state index contributed by atoms with van der Waals surface area (Å²) in [5, 5.41) is -0.277. The highest BCUT2D eigenvalue weighted by molar-refractivity contribution is 9.10. The Morgan fingerprint density at radius 3 is 2.61 bits per heavy atom. The molecule has 0 saturated carbocycles. The van der Waals surface area contributed by atoms with E-state index in [1.807, 2.05) is 0 Å². The van der Waals surface area contributed by atoms with Crippen molar-refractivity contribution < 1.29 is 33.4 Å². The van der Waals surface area contributed by atoms with Gasteiger partial charge < -0.3 is 19.1 Å². The van der Waals surface area contributed by atoms with Crippen LogP contribution in [0.2, 0.25) is 5.02 Å². The van der Waals surface area contributed by atoms with Crippen molar-refractivity contribution in [3.63, 3.8) is 0 Å². The van der Waals surface area contributed by atoms with Crippen molar-refractivity contribution in [1.29, 1.82) is 0 Å². The van der Waals surface area contributed by atoms with E-state index in [0.717, 1.165) is 16.7 Å². The highest BCUT2D eigenvalue weighted by atomic mass is 79.9. The third-order valence-corrected chi connectivity index (χ3v) is 7.19. The molecule has 2 aliphatic heterocycles. The van der Waals surface area contributed by atoms with E-state index in [-0.39, 0.29) is 39.4 Å². The van der Waals surface area contributed by atoms with Gasteiger partial charge in [-0.1, -0.05) is 23.7 Å². The SMILES string of the molecule is COc1cc(/C=C2\SC(=O)N(CC(=O)N3CCOCC3)C2=O)cc(Br)c1OC(=O)c1ccccc1Cl. The van der Waals surface area contributed by atoms with E-state index in [4.69, 9.17) is 25.8 Å². The summed E-state index contributed by atoms with van der Waals surface area (Å²) < 4.78 is 16.5. The Balaban J connectivity index is 1.52. The molecule has 3 amide bonds. The number of carbonyl (C=O) groups is 4. The topological polar surface area (TPSA) is 102 Å². The van der Waals surface area contributed by atoms with Crippen molar-refractivity contribution in [2.75, 3.05) is 40.0 Å². The number of esters is 1. The van der Waals surface area contributed by atoms with Crippen molar-refractivity contribution in [2.24, 2.45) is 0 Å². The molecular formula is C24H20BrClN2O7S. The van der Waals surface area contributed by atoms with Crippen molar-refractivity contribution in [1.82, 2.24) is 9.80 Å². The van der Waals surface area contributed by atoms with Crippen molar-refractivity contribution in [2.45, 2.75) is 0 Å². The number of imide groups is 1. The van der Waals surface area contributed by atoms with Gasteiger partial charge in [-0.2, -0.15) is 0 Å². The minimum Gasteiger partial charge on any atom is -0.493 e. The maximum atomic E-state index is 12.9. The molecule has 0 spiro atoms. The highest BCUT2D eigenvalue weighted by Gasteiger charge is 2.37. The first-order valence-electron chi connectivity index (χ1n) is 10.7. The maximum absolute atomic E-state index is 12.9. The van der Waals surface area contributed by atoms with Crippen LogP contribution in [0.1, 0.15) is 15.9 Å². The summed E-state index contributed by atoms with van der Waals surface area (Å²) in [4.78, 5) is 53.1. The Hall–Kier alpha value is -2.86. The molecule has 2 aliphatic rings. The normalized spacial score (nSPS) is 17.0. The van der Waals surface area contributed by atoms with Crippen LogP contribution in [-0.2, 0) is 14.3 Å². The molecule has 36 heavy (non-hydrogen) atoms. The van der Waals surface area contributed by atoms with Gasteiger partial charge in [-0.3, -0.25) is 19.3 Å². The highest BCUT2D eigenvalue weighted by Crippen LogP contribution is 2.39. The Kier molecular flexibility index (Phi) is 8.35. The van der Waals surface area contributed by atoms with Gasteiger partial charge in [-0.25, -0.2) is 4.79 Å². The summed E-state index contributed by atoms with van der Waals surface area (Å²) in [6.45, 7) is 1.37. The molecule has 2 heterocycles. The number of methoxy groups -OCH3 is 1. The van der Waals surface area contributed by atoms with Crippen LogP contribution in [0, 0.1) is 0 Å². The lowest BCUT2D eigenvalue weighted by Crippen LogP contribution is -2.46. The quantitative estimate of drug-likeness (QED) is 0.278. The van der Waals surface area contributed by atoms with Crippen molar-refractivity contribution in [3.8, 4) is 11.5 Å². The monoisotopic (exact) mass is 594 g/mol. The number of nitrogens with zero attached hydrogens (tertiary/aromatic N) is 2. The first kappa shape index (κ1) is 26.2. The molecule has 188 valence electrons. The zero-order chi connectivity index (χ0) is 25.8. The standard InChI is InChI=1S/C24H20BrClN2O7S/c1-33-18-11-14(10-16(25)21(18)35-23(31)15-4-2-3-5-17(15)26)12-19-22(30)28(24(32)36-19)13-20(29)27-6-8-34-9-7-27/h2-5,10-12H,6-9,13H2,1H3/b19-12-. The fourth-order valence-electron chi connectivity index (χ4n) is 3.53. The van der Waals surface area contributed by atoms with Gasteiger partial charge in [0.2, 0.25) is 5.91 Å². The van der Waals surface area contributed by atoms with Crippen LogP contribution in [0.15, 0.2) is 45.8 Å². The van der Waals surface area contributed by atoms with Gasteiger partial charge in [0.15, 0.2) is 11.5 Å². The number of carbonyl (C=O) groups excluding carboxylic acids is 4. The molecule has 2 saturated heterocycles. The lowest BCUT2D eigenvalue weighted by molar-refractivity contribution is -0.139. The van der Waals surface area contributed by atoms with Crippen molar-refractivity contribution in [3.05, 3.63) is 61.9 Å². The lowest BCUT2D eigenvalue weighted by atomic mass is 10.1. The minimum absolute atomic E-state index is 0.129. The van der Waals surface area contributed by atoms with Crippen LogP contribution in [0.3, 0.4) is 0 Å². The Morgan fingerprint density at radius 1 is 1.19 bits per heavy atom. The number of amides is 3.